The lowest BCUT2D eigenvalue weighted by molar-refractivity contribution is 0.122. The zero-order chi connectivity index (χ0) is 8.97. The molecule has 5 heteroatoms. The molecule has 2 amide bonds. The Morgan fingerprint density at radius 1 is 1.67 bits per heavy atom. The molecule has 1 aliphatic rings. The predicted molar refractivity (Wildman–Crippen MR) is 42.8 cm³/mol. The van der Waals surface area contributed by atoms with Gasteiger partial charge < -0.3 is 20.5 Å². The van der Waals surface area contributed by atoms with Gasteiger partial charge in [0.25, 0.3) is 0 Å². The summed E-state index contributed by atoms with van der Waals surface area (Å²) >= 11 is 0. The lowest BCUT2D eigenvalue weighted by Gasteiger charge is -2.14. The fourth-order valence-corrected chi connectivity index (χ4v) is 1.06. The highest BCUT2D eigenvalue weighted by Crippen LogP contribution is 2.04. The second-order valence-electron chi connectivity index (χ2n) is 2.72. The van der Waals surface area contributed by atoms with E-state index in [-0.39, 0.29) is 12.1 Å². The number of aliphatic hydroxyl groups is 1. The van der Waals surface area contributed by atoms with Crippen LogP contribution >= 0.6 is 0 Å². The maximum absolute atomic E-state index is 11.0. The van der Waals surface area contributed by atoms with Crippen molar-refractivity contribution >= 4 is 6.03 Å². The van der Waals surface area contributed by atoms with Crippen molar-refractivity contribution in [2.45, 2.75) is 19.1 Å². The fourth-order valence-electron chi connectivity index (χ4n) is 1.06. The van der Waals surface area contributed by atoms with Gasteiger partial charge in [0.2, 0.25) is 0 Å². The topological polar surface area (TPSA) is 70.6 Å². The van der Waals surface area contributed by atoms with E-state index < -0.39 is 6.10 Å². The molecule has 0 spiro atoms. The second kappa shape index (κ2) is 4.27. The summed E-state index contributed by atoms with van der Waals surface area (Å²) in [6, 6.07) is -0.524. The summed E-state index contributed by atoms with van der Waals surface area (Å²) in [5.41, 5.74) is 0. The summed E-state index contributed by atoms with van der Waals surface area (Å²) in [6.07, 6.45) is -0.576. The number of hydrogen-bond acceptors (Lipinski definition) is 3. The zero-order valence-corrected chi connectivity index (χ0v) is 7.04. The lowest BCUT2D eigenvalue weighted by atomic mass is 10.2. The van der Waals surface area contributed by atoms with Crippen LogP contribution in [0.4, 0.5) is 4.79 Å². The third-order valence-corrected chi connectivity index (χ3v) is 1.70. The highest BCUT2D eigenvalue weighted by Gasteiger charge is 2.27. The quantitative estimate of drug-likeness (QED) is 0.506. The zero-order valence-electron chi connectivity index (χ0n) is 7.04. The summed E-state index contributed by atoms with van der Waals surface area (Å²) in [6.45, 7) is 3.10. The normalized spacial score (nSPS) is 28.5. The molecule has 1 saturated heterocycles. The van der Waals surface area contributed by atoms with Crippen molar-refractivity contribution in [1.29, 1.82) is 0 Å². The van der Waals surface area contributed by atoms with Crippen LogP contribution in [0.25, 0.3) is 0 Å². The van der Waals surface area contributed by atoms with Gasteiger partial charge in [-0.1, -0.05) is 0 Å². The van der Waals surface area contributed by atoms with Crippen LogP contribution in [0, 0.1) is 0 Å². The van der Waals surface area contributed by atoms with Crippen LogP contribution in [0.5, 0.6) is 0 Å². The van der Waals surface area contributed by atoms with Gasteiger partial charge in [-0.15, -0.1) is 0 Å². The molecule has 0 bridgehead atoms. The van der Waals surface area contributed by atoms with Crippen LogP contribution < -0.4 is 10.6 Å². The molecule has 0 aromatic carbocycles. The van der Waals surface area contributed by atoms with Gasteiger partial charge in [-0.3, -0.25) is 0 Å². The van der Waals surface area contributed by atoms with Crippen molar-refractivity contribution in [1.82, 2.24) is 10.6 Å². The number of rotatable bonds is 2. The van der Waals surface area contributed by atoms with Gasteiger partial charge in [0, 0.05) is 6.54 Å². The lowest BCUT2D eigenvalue weighted by Crippen LogP contribution is -2.47. The van der Waals surface area contributed by atoms with Crippen LogP contribution in [0.2, 0.25) is 0 Å². The van der Waals surface area contributed by atoms with Crippen LogP contribution in [0.1, 0.15) is 6.92 Å². The minimum Gasteiger partial charge on any atom is -0.388 e. The van der Waals surface area contributed by atoms with Gasteiger partial charge in [-0.25, -0.2) is 4.79 Å². The summed E-state index contributed by atoms with van der Waals surface area (Å²) in [5, 5.41) is 14.4. The van der Waals surface area contributed by atoms with Gasteiger partial charge in [-0.2, -0.15) is 0 Å². The minimum absolute atomic E-state index is 0.257. The number of ether oxygens (including phenoxy) is 1. The fraction of sp³-hybridized carbons (Fsp3) is 0.857. The number of urea groups is 1. The standard InChI is InChI=1S/C7H14N2O3/c1-2-8-7(11)9-5-3-12-4-6(5)10/h5-6,10H,2-4H2,1H3,(H2,8,9,11)/t5-,6-/m1/s1. The average molecular weight is 174 g/mol. The molecule has 1 fully saturated rings. The third kappa shape index (κ3) is 2.35. The number of nitrogens with one attached hydrogen (secondary N) is 2. The van der Waals surface area contributed by atoms with E-state index in [1.54, 1.807) is 0 Å². The average Bonchev–Trinajstić information content (AvgIpc) is 2.37. The van der Waals surface area contributed by atoms with Crippen LogP contribution in [-0.4, -0.2) is 43.0 Å². The molecule has 3 N–H and O–H groups in total. The SMILES string of the molecule is CCNC(=O)N[C@@H]1COC[C@H]1O. The first-order valence-electron chi connectivity index (χ1n) is 4.04. The van der Waals surface area contributed by atoms with Crippen molar-refractivity contribution < 1.29 is 14.6 Å². The van der Waals surface area contributed by atoms with E-state index in [9.17, 15) is 9.90 Å². The second-order valence-corrected chi connectivity index (χ2v) is 2.72. The van der Waals surface area contributed by atoms with E-state index in [1.165, 1.54) is 0 Å². The van der Waals surface area contributed by atoms with Crippen molar-refractivity contribution in [3.05, 3.63) is 0 Å². The summed E-state index contributed by atoms with van der Waals surface area (Å²) in [7, 11) is 0. The van der Waals surface area contributed by atoms with Gasteiger partial charge in [0.1, 0.15) is 0 Å². The highest BCUT2D eigenvalue weighted by molar-refractivity contribution is 5.74. The molecular formula is C7H14N2O3. The molecule has 12 heavy (non-hydrogen) atoms. The maximum atomic E-state index is 11.0. The first kappa shape index (κ1) is 9.28. The number of amides is 2. The molecule has 0 unspecified atom stereocenters. The molecule has 1 heterocycles. The smallest absolute Gasteiger partial charge is 0.315 e. The Morgan fingerprint density at radius 3 is 2.92 bits per heavy atom. The maximum Gasteiger partial charge on any atom is 0.315 e. The monoisotopic (exact) mass is 174 g/mol. The molecule has 5 nitrogen and oxygen atoms in total. The van der Waals surface area contributed by atoms with E-state index in [4.69, 9.17) is 4.74 Å². The number of aliphatic hydroxyl groups excluding tert-OH is 1. The first-order chi connectivity index (χ1) is 5.74. The Bertz CT molecular complexity index is 163. The molecule has 1 aliphatic heterocycles. The predicted octanol–water partition coefficient (Wildman–Crippen LogP) is -0.935. The van der Waals surface area contributed by atoms with E-state index >= 15 is 0 Å². The Kier molecular flexibility index (Phi) is 3.31. The molecule has 70 valence electrons. The molecule has 0 aromatic heterocycles. The van der Waals surface area contributed by atoms with Gasteiger partial charge in [0.05, 0.1) is 25.4 Å². The largest absolute Gasteiger partial charge is 0.388 e. The Balaban J connectivity index is 2.25. The first-order valence-corrected chi connectivity index (χ1v) is 4.04. The summed E-state index contributed by atoms with van der Waals surface area (Å²) < 4.78 is 4.96. The third-order valence-electron chi connectivity index (χ3n) is 1.70. The summed E-state index contributed by atoms with van der Waals surface area (Å²) in [4.78, 5) is 11.0. The van der Waals surface area contributed by atoms with E-state index in [0.717, 1.165) is 0 Å². The summed E-state index contributed by atoms with van der Waals surface area (Å²) in [5.74, 6) is 0. The number of carbonyl (C=O) groups excluding carboxylic acids is 1. The molecule has 0 saturated carbocycles. The van der Waals surface area contributed by atoms with E-state index in [2.05, 4.69) is 10.6 Å². The van der Waals surface area contributed by atoms with Crippen molar-refractivity contribution in [2.75, 3.05) is 19.8 Å². The van der Waals surface area contributed by atoms with Crippen LogP contribution in [0.3, 0.4) is 0 Å². The minimum atomic E-state index is -0.576. The molecule has 1 rings (SSSR count). The van der Waals surface area contributed by atoms with E-state index in [1.807, 2.05) is 6.92 Å². The molecule has 0 aliphatic carbocycles. The Morgan fingerprint density at radius 2 is 2.42 bits per heavy atom. The molecule has 0 radical (unpaired) electrons. The molecular weight excluding hydrogens is 160 g/mol. The highest BCUT2D eigenvalue weighted by atomic mass is 16.5. The Labute approximate surface area is 71.1 Å². The Hall–Kier alpha value is -0.810. The van der Waals surface area contributed by atoms with E-state index in [0.29, 0.717) is 19.8 Å². The van der Waals surface area contributed by atoms with Gasteiger partial charge in [-0.05, 0) is 6.92 Å². The van der Waals surface area contributed by atoms with Crippen LogP contribution in [0.15, 0.2) is 0 Å². The molecule has 0 aromatic rings. The van der Waals surface area contributed by atoms with Crippen molar-refractivity contribution in [3.8, 4) is 0 Å². The van der Waals surface area contributed by atoms with Gasteiger partial charge in [0.15, 0.2) is 0 Å². The molecule has 2 atom stereocenters. The van der Waals surface area contributed by atoms with Gasteiger partial charge >= 0.3 is 6.03 Å². The van der Waals surface area contributed by atoms with Crippen LogP contribution in [-0.2, 0) is 4.74 Å². The number of carbonyl (C=O) groups is 1. The van der Waals surface area contributed by atoms with Crippen molar-refractivity contribution in [2.24, 2.45) is 0 Å². The van der Waals surface area contributed by atoms with Crippen molar-refractivity contribution in [3.63, 3.8) is 0 Å². The number of hydrogen-bond donors (Lipinski definition) is 3.